The summed E-state index contributed by atoms with van der Waals surface area (Å²) in [5.74, 6) is 1.58. The van der Waals surface area contributed by atoms with Gasteiger partial charge in [-0.1, -0.05) is 19.8 Å². The Hall–Kier alpha value is -1.45. The average Bonchev–Trinajstić information content (AvgIpc) is 2.67. The normalized spacial score (nSPS) is 16.4. The van der Waals surface area contributed by atoms with Crippen LogP contribution in [0.5, 0.6) is 5.88 Å². The molecule has 0 aromatic carbocycles. The summed E-state index contributed by atoms with van der Waals surface area (Å²) < 4.78 is 5.59. The van der Waals surface area contributed by atoms with Crippen molar-refractivity contribution in [2.24, 2.45) is 0 Å². The lowest BCUT2D eigenvalue weighted by atomic mass is 10.2. The number of nitrogens with two attached hydrogens (primary N) is 1. The zero-order valence-electron chi connectivity index (χ0n) is 11.2. The molecule has 1 aromatic rings. The van der Waals surface area contributed by atoms with Gasteiger partial charge in [-0.3, -0.25) is 0 Å². The first-order valence-corrected chi connectivity index (χ1v) is 6.95. The molecule has 1 aromatic heterocycles. The monoisotopic (exact) mass is 249 g/mol. The second kappa shape index (κ2) is 6.47. The maximum atomic E-state index is 5.88. The zero-order chi connectivity index (χ0) is 12.8. The van der Waals surface area contributed by atoms with Gasteiger partial charge in [-0.15, -0.1) is 0 Å². The molecule has 1 aliphatic heterocycles. The van der Waals surface area contributed by atoms with Gasteiger partial charge < -0.3 is 15.4 Å². The minimum atomic E-state index is 0.582. The summed E-state index contributed by atoms with van der Waals surface area (Å²) in [6.07, 6.45) is 6.11. The van der Waals surface area contributed by atoms with Gasteiger partial charge in [0.25, 0.3) is 0 Å². The highest BCUT2D eigenvalue weighted by Crippen LogP contribution is 2.25. The van der Waals surface area contributed by atoms with Crippen molar-refractivity contribution in [1.29, 1.82) is 0 Å². The lowest BCUT2D eigenvalue weighted by Crippen LogP contribution is -2.25. The molecule has 2 heterocycles. The van der Waals surface area contributed by atoms with Crippen molar-refractivity contribution in [2.75, 3.05) is 30.3 Å². The summed E-state index contributed by atoms with van der Waals surface area (Å²) >= 11 is 0. The first kappa shape index (κ1) is 13.0. The largest absolute Gasteiger partial charge is 0.476 e. The fraction of sp³-hybridized carbons (Fsp3) is 0.643. The van der Waals surface area contributed by atoms with Gasteiger partial charge in [0.2, 0.25) is 5.88 Å². The van der Waals surface area contributed by atoms with Crippen molar-refractivity contribution in [3.63, 3.8) is 0 Å². The van der Waals surface area contributed by atoms with Gasteiger partial charge in [0.05, 0.1) is 12.3 Å². The SMILES string of the molecule is CCCOc1nc(N2CCCCCC2)ccc1N. The topological polar surface area (TPSA) is 51.4 Å². The standard InChI is InChI=1S/C14H23N3O/c1-2-11-18-14-12(15)7-8-13(16-14)17-9-5-3-4-6-10-17/h7-8H,2-6,9-11,15H2,1H3. The van der Waals surface area contributed by atoms with E-state index in [-0.39, 0.29) is 0 Å². The number of hydrogen-bond acceptors (Lipinski definition) is 4. The number of anilines is 2. The number of nitrogens with zero attached hydrogens (tertiary/aromatic N) is 2. The molecule has 0 aliphatic carbocycles. The highest BCUT2D eigenvalue weighted by atomic mass is 16.5. The van der Waals surface area contributed by atoms with Crippen LogP contribution in [0, 0.1) is 0 Å². The van der Waals surface area contributed by atoms with E-state index in [4.69, 9.17) is 10.5 Å². The van der Waals surface area contributed by atoms with E-state index in [1.807, 2.05) is 12.1 Å². The molecule has 1 fully saturated rings. The Kier molecular flexibility index (Phi) is 4.67. The van der Waals surface area contributed by atoms with Crippen LogP contribution in [-0.2, 0) is 0 Å². The van der Waals surface area contributed by atoms with E-state index in [0.29, 0.717) is 18.2 Å². The molecule has 2 N–H and O–H groups in total. The zero-order valence-corrected chi connectivity index (χ0v) is 11.2. The molecule has 4 nitrogen and oxygen atoms in total. The molecular weight excluding hydrogens is 226 g/mol. The summed E-state index contributed by atoms with van der Waals surface area (Å²) in [4.78, 5) is 6.89. The number of hydrogen-bond donors (Lipinski definition) is 1. The van der Waals surface area contributed by atoms with Crippen LogP contribution in [0.2, 0.25) is 0 Å². The summed E-state index contributed by atoms with van der Waals surface area (Å²) in [5.41, 5.74) is 6.51. The van der Waals surface area contributed by atoms with Crippen LogP contribution in [-0.4, -0.2) is 24.7 Å². The van der Waals surface area contributed by atoms with E-state index in [1.165, 1.54) is 25.7 Å². The van der Waals surface area contributed by atoms with E-state index >= 15 is 0 Å². The smallest absolute Gasteiger partial charge is 0.239 e. The molecular formula is C14H23N3O. The molecule has 0 saturated carbocycles. The molecule has 0 bridgehead atoms. The van der Waals surface area contributed by atoms with Gasteiger partial charge in [0.15, 0.2) is 0 Å². The molecule has 100 valence electrons. The summed E-state index contributed by atoms with van der Waals surface area (Å²) in [7, 11) is 0. The Morgan fingerprint density at radius 2 is 1.94 bits per heavy atom. The molecule has 0 spiro atoms. The first-order chi connectivity index (χ1) is 8.81. The summed E-state index contributed by atoms with van der Waals surface area (Å²) in [6.45, 7) is 4.92. The van der Waals surface area contributed by atoms with Crippen molar-refractivity contribution in [3.8, 4) is 5.88 Å². The van der Waals surface area contributed by atoms with Crippen LogP contribution in [0.25, 0.3) is 0 Å². The molecule has 0 amide bonds. The fourth-order valence-electron chi connectivity index (χ4n) is 2.23. The number of aromatic nitrogens is 1. The Bertz CT molecular complexity index is 373. The number of pyridine rings is 1. The quantitative estimate of drug-likeness (QED) is 0.891. The maximum absolute atomic E-state index is 5.88. The molecule has 18 heavy (non-hydrogen) atoms. The van der Waals surface area contributed by atoms with Gasteiger partial charge in [0.1, 0.15) is 5.82 Å². The number of nitrogen functional groups attached to an aromatic ring is 1. The predicted octanol–water partition coefficient (Wildman–Crippen LogP) is 2.83. The Balaban J connectivity index is 2.11. The van der Waals surface area contributed by atoms with Crippen molar-refractivity contribution in [3.05, 3.63) is 12.1 Å². The molecule has 2 rings (SSSR count). The van der Waals surface area contributed by atoms with Gasteiger partial charge in [0, 0.05) is 13.1 Å². The van der Waals surface area contributed by atoms with Gasteiger partial charge in [-0.05, 0) is 31.4 Å². The van der Waals surface area contributed by atoms with Crippen LogP contribution >= 0.6 is 0 Å². The third-order valence-corrected chi connectivity index (χ3v) is 3.25. The summed E-state index contributed by atoms with van der Waals surface area (Å²) in [5, 5.41) is 0. The highest BCUT2D eigenvalue weighted by Gasteiger charge is 2.13. The Labute approximate surface area is 109 Å². The van der Waals surface area contributed by atoms with E-state index in [2.05, 4.69) is 16.8 Å². The van der Waals surface area contributed by atoms with Crippen LogP contribution in [0.4, 0.5) is 11.5 Å². The molecule has 1 aliphatic rings. The number of ether oxygens (including phenoxy) is 1. The van der Waals surface area contributed by atoms with Gasteiger partial charge in [-0.2, -0.15) is 4.98 Å². The van der Waals surface area contributed by atoms with Crippen LogP contribution in [0.1, 0.15) is 39.0 Å². The van der Waals surface area contributed by atoms with Crippen molar-refractivity contribution >= 4 is 11.5 Å². The lowest BCUT2D eigenvalue weighted by molar-refractivity contribution is 0.307. The predicted molar refractivity (Wildman–Crippen MR) is 75.1 cm³/mol. The minimum absolute atomic E-state index is 0.582. The van der Waals surface area contributed by atoms with Gasteiger partial charge >= 0.3 is 0 Å². The summed E-state index contributed by atoms with van der Waals surface area (Å²) in [6, 6.07) is 3.90. The van der Waals surface area contributed by atoms with E-state index in [0.717, 1.165) is 25.3 Å². The van der Waals surface area contributed by atoms with Crippen molar-refractivity contribution in [1.82, 2.24) is 4.98 Å². The molecule has 0 atom stereocenters. The van der Waals surface area contributed by atoms with Crippen LogP contribution in [0.15, 0.2) is 12.1 Å². The van der Waals surface area contributed by atoms with Crippen molar-refractivity contribution in [2.45, 2.75) is 39.0 Å². The third kappa shape index (κ3) is 3.28. The molecule has 4 heteroatoms. The van der Waals surface area contributed by atoms with E-state index in [1.54, 1.807) is 0 Å². The highest BCUT2D eigenvalue weighted by molar-refractivity contribution is 5.54. The molecule has 0 unspecified atom stereocenters. The molecule has 0 radical (unpaired) electrons. The van der Waals surface area contributed by atoms with Crippen LogP contribution < -0.4 is 15.4 Å². The molecule has 1 saturated heterocycles. The van der Waals surface area contributed by atoms with Crippen molar-refractivity contribution < 1.29 is 4.74 Å². The second-order valence-corrected chi connectivity index (χ2v) is 4.81. The minimum Gasteiger partial charge on any atom is -0.476 e. The second-order valence-electron chi connectivity index (χ2n) is 4.81. The lowest BCUT2D eigenvalue weighted by Gasteiger charge is -2.22. The number of rotatable bonds is 4. The van der Waals surface area contributed by atoms with E-state index < -0.39 is 0 Å². The fourth-order valence-corrected chi connectivity index (χ4v) is 2.23. The Morgan fingerprint density at radius 1 is 1.22 bits per heavy atom. The van der Waals surface area contributed by atoms with Crippen LogP contribution in [0.3, 0.4) is 0 Å². The maximum Gasteiger partial charge on any atom is 0.239 e. The van der Waals surface area contributed by atoms with Gasteiger partial charge in [-0.25, -0.2) is 0 Å². The first-order valence-electron chi connectivity index (χ1n) is 6.95. The Morgan fingerprint density at radius 3 is 2.61 bits per heavy atom. The van der Waals surface area contributed by atoms with E-state index in [9.17, 15) is 0 Å². The average molecular weight is 249 g/mol. The third-order valence-electron chi connectivity index (χ3n) is 3.25.